The van der Waals surface area contributed by atoms with E-state index in [4.69, 9.17) is 57.6 Å². The van der Waals surface area contributed by atoms with Gasteiger partial charge in [-0.1, -0.05) is 23.2 Å². The maximum atomic E-state index is 13.9. The first kappa shape index (κ1) is 58.1. The fraction of sp³-hybridized carbons (Fsp3) is 0.410. The fourth-order valence-corrected chi connectivity index (χ4v) is 9.09. The summed E-state index contributed by atoms with van der Waals surface area (Å²) < 4.78 is 55.6. The Labute approximate surface area is 464 Å². The summed E-state index contributed by atoms with van der Waals surface area (Å²) in [5.74, 6) is 0.936. The van der Waals surface area contributed by atoms with E-state index in [2.05, 4.69) is 10.3 Å². The summed E-state index contributed by atoms with van der Waals surface area (Å²) in [4.78, 5) is 35.6. The van der Waals surface area contributed by atoms with E-state index in [9.17, 15) is 28.6 Å². The first-order valence-electron chi connectivity index (χ1n) is 26.1. The van der Waals surface area contributed by atoms with Gasteiger partial charge < -0.3 is 44.9 Å². The van der Waals surface area contributed by atoms with Gasteiger partial charge in [0.25, 0.3) is 0 Å². The van der Waals surface area contributed by atoms with Crippen LogP contribution in [0.1, 0.15) is 136 Å². The first-order valence-corrected chi connectivity index (χ1v) is 26.9. The van der Waals surface area contributed by atoms with Crippen molar-refractivity contribution in [3.63, 3.8) is 0 Å². The highest BCUT2D eigenvalue weighted by molar-refractivity contribution is 6.31. The average Bonchev–Trinajstić information content (AvgIpc) is 4.36. The van der Waals surface area contributed by atoms with Crippen LogP contribution in [0.2, 0.25) is 10.0 Å². The molecule has 3 fully saturated rings. The van der Waals surface area contributed by atoms with Gasteiger partial charge in [-0.15, -0.1) is 0 Å². The number of hydrogen-bond acceptors (Lipinski definition) is 13. The average molecular weight is 1110 g/mol. The van der Waals surface area contributed by atoms with Gasteiger partial charge in [-0.2, -0.15) is 0 Å². The number of benzene rings is 4. The number of nitrogens with one attached hydrogen (secondary N) is 1. The van der Waals surface area contributed by atoms with Crippen molar-refractivity contribution < 1.29 is 52.3 Å². The molecule has 9 rings (SSSR count). The van der Waals surface area contributed by atoms with Gasteiger partial charge in [0.15, 0.2) is 34.6 Å². The Morgan fingerprint density at radius 3 is 1.42 bits per heavy atom. The molecular formula is C61H68Cl2F2N4O9. The van der Waals surface area contributed by atoms with Crippen LogP contribution in [0.25, 0.3) is 22.5 Å². The Balaban J connectivity index is 0.000000207. The molecule has 1 saturated heterocycles. The van der Waals surface area contributed by atoms with Crippen molar-refractivity contribution in [2.24, 2.45) is 5.73 Å². The molecule has 2 atom stereocenters. The van der Waals surface area contributed by atoms with E-state index in [0.29, 0.717) is 81.2 Å². The molecule has 78 heavy (non-hydrogen) atoms. The van der Waals surface area contributed by atoms with E-state index < -0.39 is 33.9 Å². The second-order valence-corrected chi connectivity index (χ2v) is 22.8. The zero-order valence-corrected chi connectivity index (χ0v) is 46.8. The lowest BCUT2D eigenvalue weighted by Gasteiger charge is -2.37. The fourth-order valence-electron chi connectivity index (χ4n) is 8.73. The smallest absolute Gasteiger partial charge is 0.163 e. The Morgan fingerprint density at radius 2 is 1.05 bits per heavy atom. The summed E-state index contributed by atoms with van der Waals surface area (Å²) >= 11 is 12.1. The maximum Gasteiger partial charge on any atom is 0.163 e. The Hall–Kier alpha value is -6.04. The zero-order chi connectivity index (χ0) is 56.3. The number of nitrogens with two attached hydrogens (primary N) is 1. The summed E-state index contributed by atoms with van der Waals surface area (Å²) in [5, 5.41) is 26.6. The highest BCUT2D eigenvalue weighted by Gasteiger charge is 2.34. The van der Waals surface area contributed by atoms with Crippen LogP contribution >= 0.6 is 23.2 Å². The number of ketones is 2. The van der Waals surface area contributed by atoms with Crippen LogP contribution < -0.4 is 30.0 Å². The molecule has 6 aromatic rings. The molecule has 1 aliphatic heterocycles. The lowest BCUT2D eigenvalue weighted by molar-refractivity contribution is -0.0171. The SMILES string of the molecule is COc1cc(C(=O)CCC(C)(O)c2cc(C(C)(C)N)cc(-c3ccc(F)c(Cl)c3)n2)ccc1OC1CC1.COc1cc(C(=O)CCC(C)(O)c2cc(C(C)(C)NC3COC3)cc(-c3ccc(F)c(Cl)c3)n2)ccc1OC1CC1. The number of Topliss-reactive ketones (excluding diaryl/α,β-unsaturated/α-hetero) is 2. The van der Waals surface area contributed by atoms with Crippen molar-refractivity contribution in [1.29, 1.82) is 0 Å². The van der Waals surface area contributed by atoms with Crippen molar-refractivity contribution in [2.75, 3.05) is 27.4 Å². The van der Waals surface area contributed by atoms with Gasteiger partial charge in [0.1, 0.15) is 22.8 Å². The largest absolute Gasteiger partial charge is 0.493 e. The monoisotopic (exact) mass is 1110 g/mol. The summed E-state index contributed by atoms with van der Waals surface area (Å²) in [6.07, 6.45) is 4.93. The highest BCUT2D eigenvalue weighted by Crippen LogP contribution is 2.39. The molecular weight excluding hydrogens is 1040 g/mol. The molecule has 13 nitrogen and oxygen atoms in total. The minimum atomic E-state index is -1.44. The minimum absolute atomic E-state index is 0.0124. The number of ether oxygens (including phenoxy) is 5. The van der Waals surface area contributed by atoms with Crippen molar-refractivity contribution >= 4 is 34.8 Å². The molecule has 0 radical (unpaired) electrons. The molecule has 2 saturated carbocycles. The molecule has 3 aliphatic rings. The molecule has 0 bridgehead atoms. The molecule has 3 heterocycles. The molecule has 2 unspecified atom stereocenters. The summed E-state index contributed by atoms with van der Waals surface area (Å²) in [6, 6.07) is 26.6. The molecule has 4 aromatic carbocycles. The van der Waals surface area contributed by atoms with Crippen LogP contribution in [0.4, 0.5) is 8.78 Å². The third kappa shape index (κ3) is 14.6. The first-order chi connectivity index (χ1) is 36.8. The van der Waals surface area contributed by atoms with Crippen molar-refractivity contribution in [3.8, 4) is 45.5 Å². The predicted octanol–water partition coefficient (Wildman–Crippen LogP) is 12.3. The highest BCUT2D eigenvalue weighted by atomic mass is 35.5. The van der Waals surface area contributed by atoms with E-state index >= 15 is 0 Å². The van der Waals surface area contributed by atoms with Crippen LogP contribution in [-0.2, 0) is 27.0 Å². The summed E-state index contributed by atoms with van der Waals surface area (Å²) in [5.41, 5.74) is 7.87. The molecule has 0 spiro atoms. The van der Waals surface area contributed by atoms with Crippen molar-refractivity contribution in [1.82, 2.24) is 15.3 Å². The second kappa shape index (κ2) is 23.7. The normalized spacial score (nSPS) is 16.2. The Kier molecular flexibility index (Phi) is 17.7. The van der Waals surface area contributed by atoms with Gasteiger partial charge in [-0.05, 0) is 188 Å². The van der Waals surface area contributed by atoms with E-state index in [1.54, 1.807) is 81.6 Å². The van der Waals surface area contributed by atoms with Crippen molar-refractivity contribution in [3.05, 3.63) is 152 Å². The van der Waals surface area contributed by atoms with Gasteiger partial charge in [-0.3, -0.25) is 9.59 Å². The Morgan fingerprint density at radius 1 is 0.628 bits per heavy atom. The van der Waals surface area contributed by atoms with Gasteiger partial charge in [0, 0.05) is 46.2 Å². The minimum Gasteiger partial charge on any atom is -0.493 e. The zero-order valence-electron chi connectivity index (χ0n) is 45.3. The number of rotatable bonds is 22. The predicted molar refractivity (Wildman–Crippen MR) is 297 cm³/mol. The molecule has 2 aromatic heterocycles. The standard InChI is InChI=1S/C32H36ClFN2O5.C29H32ClFN2O4/c1-31(2,36-22-17-40-18-22)21-15-26(19-5-9-25(34)24(33)13-19)35-30(16-21)32(3,38)12-11-27(37)20-6-10-28(29(14-20)39-4)41-23-7-8-23;1-28(2,32)19-15-23(17-5-9-22(31)21(30)13-17)33-27(16-19)29(3,35)12-11-24(34)18-6-10-25(26(14-18)36-4)37-20-7-8-20/h5-6,9-10,13-16,22-23,36,38H,7-8,11-12,17-18H2,1-4H3;5-6,9-10,13-16,20,35H,7-8,11-12,32H2,1-4H3. The van der Waals surface area contributed by atoms with Crippen LogP contribution in [-0.4, -0.2) is 77.4 Å². The van der Waals surface area contributed by atoms with Crippen LogP contribution in [0.3, 0.4) is 0 Å². The van der Waals surface area contributed by atoms with Crippen molar-refractivity contribution in [2.45, 2.75) is 133 Å². The molecule has 2 aliphatic carbocycles. The third-order valence-corrected chi connectivity index (χ3v) is 14.7. The van der Waals surface area contributed by atoms with Crippen LogP contribution in [0, 0.1) is 11.6 Å². The molecule has 414 valence electrons. The number of nitrogens with zero attached hydrogens (tertiary/aromatic N) is 2. The number of carbonyl (C=O) groups is 2. The quantitative estimate of drug-likeness (QED) is 0.0471. The van der Waals surface area contributed by atoms with E-state index in [1.807, 2.05) is 39.8 Å². The lowest BCUT2D eigenvalue weighted by Crippen LogP contribution is -2.53. The number of hydrogen-bond donors (Lipinski definition) is 4. The van der Waals surface area contributed by atoms with E-state index in [-0.39, 0.29) is 65.5 Å². The number of aromatic nitrogens is 2. The van der Waals surface area contributed by atoms with Gasteiger partial charge in [0.05, 0.1) is 78.5 Å². The summed E-state index contributed by atoms with van der Waals surface area (Å²) in [7, 11) is 3.09. The lowest BCUT2D eigenvalue weighted by atomic mass is 9.87. The number of methoxy groups -OCH3 is 2. The number of halogens is 4. The second-order valence-electron chi connectivity index (χ2n) is 22.0. The molecule has 0 amide bonds. The molecule has 17 heteroatoms. The topological polar surface area (TPSA) is 185 Å². The third-order valence-electron chi connectivity index (χ3n) is 14.1. The Bertz CT molecular complexity index is 3170. The van der Waals surface area contributed by atoms with Gasteiger partial charge in [0.2, 0.25) is 0 Å². The van der Waals surface area contributed by atoms with Gasteiger partial charge >= 0.3 is 0 Å². The molecule has 5 N–H and O–H groups in total. The van der Waals surface area contributed by atoms with E-state index in [0.717, 1.165) is 36.8 Å². The van der Waals surface area contributed by atoms with Gasteiger partial charge in [-0.25, -0.2) is 18.7 Å². The maximum absolute atomic E-state index is 13.9. The number of carbonyl (C=O) groups excluding carboxylic acids is 2. The van der Waals surface area contributed by atoms with Crippen LogP contribution in [0.5, 0.6) is 23.0 Å². The number of pyridine rings is 2. The summed E-state index contributed by atoms with van der Waals surface area (Å²) in [6.45, 7) is 12.3. The van der Waals surface area contributed by atoms with E-state index in [1.165, 1.54) is 31.4 Å². The van der Waals surface area contributed by atoms with Crippen LogP contribution in [0.15, 0.2) is 97.1 Å². The number of aliphatic hydroxyl groups is 2.